The summed E-state index contributed by atoms with van der Waals surface area (Å²) in [6.07, 6.45) is 5.33. The third-order valence-electron chi connectivity index (χ3n) is 11.9. The van der Waals surface area contributed by atoms with Crippen molar-refractivity contribution in [2.45, 2.75) is 0 Å². The molecular formula is C53H60N12O3. The van der Waals surface area contributed by atoms with Crippen LogP contribution in [0.25, 0.3) is 11.3 Å². The summed E-state index contributed by atoms with van der Waals surface area (Å²) in [7, 11) is 9.32. The lowest BCUT2D eigenvalue weighted by atomic mass is 10.1. The fourth-order valence-electron chi connectivity index (χ4n) is 8.02. The molecule has 9 rings (SSSR count). The molecule has 350 valence electrons. The molecule has 3 aromatic heterocycles. The van der Waals surface area contributed by atoms with E-state index in [0.717, 1.165) is 121 Å². The summed E-state index contributed by atoms with van der Waals surface area (Å²) in [5, 5.41) is 16.2. The quantitative estimate of drug-likeness (QED) is 0.0707. The third kappa shape index (κ3) is 12.3. The number of amides is 1. The number of nitrogens with zero attached hydrogens (tertiary/aromatic N) is 7. The molecular weight excluding hydrogens is 853 g/mol. The predicted octanol–water partition coefficient (Wildman–Crippen LogP) is 9.08. The molecule has 0 atom stereocenters. The molecule has 2 fully saturated rings. The van der Waals surface area contributed by atoms with Crippen LogP contribution in [-0.2, 0) is 0 Å². The number of benzene rings is 4. The van der Waals surface area contributed by atoms with Crippen LogP contribution in [0.4, 0.5) is 57.1 Å². The van der Waals surface area contributed by atoms with Gasteiger partial charge in [-0.05, 0) is 93.0 Å². The second-order valence-corrected chi connectivity index (χ2v) is 16.7. The zero-order chi connectivity index (χ0) is 47.2. The summed E-state index contributed by atoms with van der Waals surface area (Å²) in [5.41, 5.74) is 10.3. The normalized spacial score (nSPS) is 14.0. The second kappa shape index (κ2) is 22.5. The number of carbonyl (C=O) groups is 1. The highest BCUT2D eigenvalue weighted by molar-refractivity contribution is 5.95. The zero-order valence-corrected chi connectivity index (χ0v) is 39.4. The Morgan fingerprint density at radius 1 is 0.500 bits per heavy atom. The molecule has 0 saturated carbocycles. The number of likely N-dealkylation sites (N-methyl/N-ethyl adjacent to an activating group) is 2. The molecule has 5 N–H and O–H groups in total. The van der Waals surface area contributed by atoms with Gasteiger partial charge in [-0.3, -0.25) is 9.78 Å². The average molecular weight is 913 g/mol. The molecule has 2 saturated heterocycles. The summed E-state index contributed by atoms with van der Waals surface area (Å²) in [6, 6.07) is 41.8. The Hall–Kier alpha value is -7.88. The number of ether oxygens (including phenoxy) is 2. The minimum atomic E-state index is -0.122. The first kappa shape index (κ1) is 46.6. The number of nitrogens with one attached hydrogen (secondary N) is 5. The molecule has 5 heterocycles. The summed E-state index contributed by atoms with van der Waals surface area (Å²) in [4.78, 5) is 34.8. The fourth-order valence-corrected chi connectivity index (χ4v) is 8.02. The number of anilines is 10. The monoisotopic (exact) mass is 912 g/mol. The van der Waals surface area contributed by atoms with Crippen molar-refractivity contribution in [3.63, 3.8) is 0 Å². The molecule has 0 bridgehead atoms. The van der Waals surface area contributed by atoms with E-state index < -0.39 is 0 Å². The van der Waals surface area contributed by atoms with Crippen LogP contribution in [0.3, 0.4) is 0 Å². The van der Waals surface area contributed by atoms with Crippen LogP contribution < -0.4 is 45.9 Å². The Labute approximate surface area is 399 Å². The average Bonchev–Trinajstić information content (AvgIpc) is 3.38. The van der Waals surface area contributed by atoms with Gasteiger partial charge in [0.2, 0.25) is 0 Å². The molecule has 15 nitrogen and oxygen atoms in total. The SMILES string of the molecule is CNC(=O)c1cccc(Nc2ccnc(Nc3ccc(N4CCN(C)CC4)cc3OC)c2)c1.COc1cc(N2CCN(C)CC2)ccc1Nc1cc(Nc2cccc(-c3ccccn3)c2)ccn1. The Morgan fingerprint density at radius 3 is 1.51 bits per heavy atom. The number of piperazine rings is 2. The number of pyridine rings is 3. The molecule has 2 aliphatic heterocycles. The zero-order valence-electron chi connectivity index (χ0n) is 39.4. The standard InChI is InChI=1S/C28H30N6O.C25H30N6O2/c1-33-14-16-34(17-15-33)24-9-10-26(27(20-24)35-2)32-28-19-23(11-13-30-28)31-22-7-5-6-21(18-22)25-8-3-4-12-29-25;1-26-25(32)18-5-4-6-19(15-18)28-20-9-10-27-24(16-20)29-22-8-7-21(17-23(22)33-3)31-13-11-30(2)12-14-31/h3-13,18-20H,14-17H2,1-2H3,(H2,30,31,32);4-10,15-17H,11-14H2,1-3H3,(H,26,32)(H2,27,28,29). The molecule has 15 heteroatoms. The van der Waals surface area contributed by atoms with E-state index in [1.54, 1.807) is 39.7 Å². The van der Waals surface area contributed by atoms with Crippen molar-refractivity contribution in [3.8, 4) is 22.8 Å². The summed E-state index contributed by atoms with van der Waals surface area (Å²) in [6.45, 7) is 8.28. The molecule has 1 amide bonds. The minimum absolute atomic E-state index is 0.122. The Kier molecular flexibility index (Phi) is 15.5. The van der Waals surface area contributed by atoms with Gasteiger partial charge in [0.25, 0.3) is 5.91 Å². The van der Waals surface area contributed by atoms with E-state index in [1.165, 1.54) is 5.69 Å². The van der Waals surface area contributed by atoms with Crippen molar-refractivity contribution in [3.05, 3.63) is 152 Å². The number of hydrogen-bond donors (Lipinski definition) is 5. The lowest BCUT2D eigenvalue weighted by Crippen LogP contribution is -2.44. The summed E-state index contributed by atoms with van der Waals surface area (Å²) in [5.74, 6) is 2.87. The fraction of sp³-hybridized carbons (Fsp3) is 0.245. The molecule has 7 aromatic rings. The summed E-state index contributed by atoms with van der Waals surface area (Å²) < 4.78 is 11.4. The largest absolute Gasteiger partial charge is 0.494 e. The first-order valence-electron chi connectivity index (χ1n) is 22.8. The van der Waals surface area contributed by atoms with Crippen LogP contribution in [0.5, 0.6) is 11.5 Å². The van der Waals surface area contributed by atoms with Crippen molar-refractivity contribution in [2.24, 2.45) is 0 Å². The van der Waals surface area contributed by atoms with Crippen molar-refractivity contribution in [2.75, 3.05) is 119 Å². The van der Waals surface area contributed by atoms with Gasteiger partial charge < -0.3 is 55.7 Å². The molecule has 0 spiro atoms. The lowest BCUT2D eigenvalue weighted by Gasteiger charge is -2.34. The Morgan fingerprint density at radius 2 is 1.01 bits per heavy atom. The van der Waals surface area contributed by atoms with Gasteiger partial charge in [0.15, 0.2) is 0 Å². The number of carbonyl (C=O) groups excluding carboxylic acids is 1. The molecule has 0 radical (unpaired) electrons. The van der Waals surface area contributed by atoms with Gasteiger partial charge in [-0.2, -0.15) is 0 Å². The number of rotatable bonds is 14. The minimum Gasteiger partial charge on any atom is -0.494 e. The van der Waals surface area contributed by atoms with Gasteiger partial charge in [0, 0.05) is 148 Å². The first-order valence-corrected chi connectivity index (χ1v) is 22.8. The molecule has 2 aliphatic rings. The highest BCUT2D eigenvalue weighted by atomic mass is 16.5. The maximum atomic E-state index is 11.9. The third-order valence-corrected chi connectivity index (χ3v) is 11.9. The second-order valence-electron chi connectivity index (χ2n) is 16.7. The van der Waals surface area contributed by atoms with Crippen molar-refractivity contribution in [1.82, 2.24) is 30.1 Å². The van der Waals surface area contributed by atoms with E-state index in [-0.39, 0.29) is 5.91 Å². The van der Waals surface area contributed by atoms with Crippen LogP contribution in [0.2, 0.25) is 0 Å². The molecule has 0 unspecified atom stereocenters. The van der Waals surface area contributed by atoms with E-state index >= 15 is 0 Å². The lowest BCUT2D eigenvalue weighted by molar-refractivity contribution is 0.0963. The van der Waals surface area contributed by atoms with Crippen molar-refractivity contribution >= 4 is 63.0 Å². The summed E-state index contributed by atoms with van der Waals surface area (Å²) >= 11 is 0. The first-order chi connectivity index (χ1) is 33.2. The maximum Gasteiger partial charge on any atom is 0.251 e. The van der Waals surface area contributed by atoms with Gasteiger partial charge in [0.05, 0.1) is 31.3 Å². The van der Waals surface area contributed by atoms with Crippen LogP contribution in [0.1, 0.15) is 10.4 Å². The van der Waals surface area contributed by atoms with Gasteiger partial charge >= 0.3 is 0 Å². The van der Waals surface area contributed by atoms with Gasteiger partial charge in [-0.1, -0.05) is 24.3 Å². The molecule has 0 aliphatic carbocycles. The number of methoxy groups -OCH3 is 2. The van der Waals surface area contributed by atoms with Crippen LogP contribution in [-0.4, -0.2) is 118 Å². The van der Waals surface area contributed by atoms with Crippen LogP contribution >= 0.6 is 0 Å². The van der Waals surface area contributed by atoms with E-state index in [1.807, 2.05) is 85.1 Å². The van der Waals surface area contributed by atoms with Crippen molar-refractivity contribution < 1.29 is 14.3 Å². The smallest absolute Gasteiger partial charge is 0.251 e. The van der Waals surface area contributed by atoms with E-state index in [0.29, 0.717) is 11.4 Å². The van der Waals surface area contributed by atoms with Crippen LogP contribution in [0.15, 0.2) is 146 Å². The molecule has 4 aromatic carbocycles. The predicted molar refractivity (Wildman–Crippen MR) is 277 cm³/mol. The van der Waals surface area contributed by atoms with Gasteiger partial charge in [-0.25, -0.2) is 9.97 Å². The number of hydrogen-bond acceptors (Lipinski definition) is 14. The number of aromatic nitrogens is 3. The van der Waals surface area contributed by atoms with Crippen molar-refractivity contribution in [1.29, 1.82) is 0 Å². The highest BCUT2D eigenvalue weighted by Crippen LogP contribution is 2.35. The highest BCUT2D eigenvalue weighted by Gasteiger charge is 2.18. The van der Waals surface area contributed by atoms with Crippen LogP contribution in [0, 0.1) is 0 Å². The Balaban J connectivity index is 0.000000184. The Bertz CT molecular complexity index is 2760. The molecule has 68 heavy (non-hydrogen) atoms. The van der Waals surface area contributed by atoms with E-state index in [4.69, 9.17) is 9.47 Å². The van der Waals surface area contributed by atoms with E-state index in [2.05, 4.69) is 118 Å². The maximum absolute atomic E-state index is 11.9. The van der Waals surface area contributed by atoms with E-state index in [9.17, 15) is 4.79 Å². The van der Waals surface area contributed by atoms with Gasteiger partial charge in [0.1, 0.15) is 23.1 Å². The van der Waals surface area contributed by atoms with Gasteiger partial charge in [-0.15, -0.1) is 0 Å². The topological polar surface area (TPSA) is 147 Å².